The van der Waals surface area contributed by atoms with Crippen LogP contribution in [0.15, 0.2) is 47.8 Å². The number of para-hydroxylation sites is 1. The topological polar surface area (TPSA) is 73.1 Å². The Morgan fingerprint density at radius 2 is 2.04 bits per heavy atom. The quantitative estimate of drug-likeness (QED) is 0.647. The van der Waals surface area contributed by atoms with Crippen molar-refractivity contribution in [2.75, 3.05) is 11.2 Å². The molecule has 8 heteroatoms. The summed E-state index contributed by atoms with van der Waals surface area (Å²) in [6.45, 7) is 1.84. The molecule has 2 aromatic heterocycles. The van der Waals surface area contributed by atoms with Crippen LogP contribution in [-0.4, -0.2) is 31.9 Å². The van der Waals surface area contributed by atoms with Crippen molar-refractivity contribution in [3.63, 3.8) is 0 Å². The van der Waals surface area contributed by atoms with E-state index in [4.69, 9.17) is 4.74 Å². The first-order valence-electron chi connectivity index (χ1n) is 8.62. The molecular weight excluding hydrogens is 362 g/mol. The van der Waals surface area contributed by atoms with Crippen molar-refractivity contribution >= 4 is 23.4 Å². The highest BCUT2D eigenvalue weighted by atomic mass is 32.2. The van der Waals surface area contributed by atoms with Gasteiger partial charge in [-0.3, -0.25) is 9.69 Å². The van der Waals surface area contributed by atoms with Gasteiger partial charge in [0.15, 0.2) is 5.69 Å². The van der Waals surface area contributed by atoms with E-state index in [1.54, 1.807) is 4.90 Å². The smallest absolute Gasteiger partial charge is 0.247 e. The molecule has 3 aromatic rings. The van der Waals surface area contributed by atoms with Crippen molar-refractivity contribution in [1.29, 1.82) is 0 Å². The van der Waals surface area contributed by atoms with Gasteiger partial charge in [0, 0.05) is 25.2 Å². The summed E-state index contributed by atoms with van der Waals surface area (Å²) < 4.78 is 8.24. The average molecular weight is 381 g/mol. The highest BCUT2D eigenvalue weighted by molar-refractivity contribution is 7.98. The molecule has 0 saturated heterocycles. The average Bonchev–Trinajstić information content (AvgIpc) is 3.07. The fourth-order valence-corrected chi connectivity index (χ4v) is 3.46. The highest BCUT2D eigenvalue weighted by Gasteiger charge is 2.36. The summed E-state index contributed by atoms with van der Waals surface area (Å²) in [5.41, 5.74) is 2.90. The number of hydrogen-bond acceptors (Lipinski definition) is 6. The minimum atomic E-state index is -0.647. The molecule has 0 aliphatic carbocycles. The fraction of sp³-hybridized carbons (Fsp3) is 0.263. The second-order valence-electron chi connectivity index (χ2n) is 6.10. The Morgan fingerprint density at radius 1 is 1.22 bits per heavy atom. The van der Waals surface area contributed by atoms with Gasteiger partial charge in [0.2, 0.25) is 23.2 Å². The number of aromatic nitrogens is 4. The molecule has 138 valence electrons. The van der Waals surface area contributed by atoms with Crippen molar-refractivity contribution in [1.82, 2.24) is 19.7 Å². The van der Waals surface area contributed by atoms with Gasteiger partial charge in [0.1, 0.15) is 0 Å². The summed E-state index contributed by atoms with van der Waals surface area (Å²) in [6.07, 6.45) is 3.52. The molecule has 1 aliphatic heterocycles. The van der Waals surface area contributed by atoms with E-state index in [0.29, 0.717) is 23.2 Å². The van der Waals surface area contributed by atoms with E-state index in [-0.39, 0.29) is 5.91 Å². The minimum Gasteiger partial charge on any atom is -0.445 e. The highest BCUT2D eigenvalue weighted by Crippen LogP contribution is 2.43. The third-order valence-electron chi connectivity index (χ3n) is 4.50. The number of thioether (sulfide) groups is 1. The van der Waals surface area contributed by atoms with Crippen LogP contribution < -0.4 is 9.64 Å². The molecule has 27 heavy (non-hydrogen) atoms. The molecule has 0 unspecified atom stereocenters. The van der Waals surface area contributed by atoms with Crippen molar-refractivity contribution in [3.8, 4) is 17.1 Å². The number of hydrogen-bond donors (Lipinski definition) is 0. The van der Waals surface area contributed by atoms with Crippen LogP contribution in [0.4, 0.5) is 5.69 Å². The normalized spacial score (nSPS) is 15.5. The lowest BCUT2D eigenvalue weighted by atomic mass is 10.1. The maximum Gasteiger partial charge on any atom is 0.247 e. The first-order chi connectivity index (χ1) is 13.1. The van der Waals surface area contributed by atoms with Gasteiger partial charge < -0.3 is 9.30 Å². The third-order valence-corrected chi connectivity index (χ3v) is 5.04. The van der Waals surface area contributed by atoms with Gasteiger partial charge in [0.25, 0.3) is 0 Å². The predicted octanol–water partition coefficient (Wildman–Crippen LogP) is 3.43. The Bertz CT molecular complexity index is 1000. The number of nitrogens with zero attached hydrogens (tertiary/aromatic N) is 5. The Balaban J connectivity index is 1.99. The van der Waals surface area contributed by atoms with Crippen LogP contribution in [0.3, 0.4) is 0 Å². The van der Waals surface area contributed by atoms with Crippen molar-refractivity contribution in [2.24, 2.45) is 7.05 Å². The number of carbonyl (C=O) groups is 1. The van der Waals surface area contributed by atoms with Crippen LogP contribution in [0.5, 0.6) is 5.88 Å². The number of fused-ring (bicyclic) bond motifs is 3. The summed E-state index contributed by atoms with van der Waals surface area (Å²) in [5, 5.41) is 9.03. The monoisotopic (exact) mass is 381 g/mol. The van der Waals surface area contributed by atoms with Crippen LogP contribution in [-0.2, 0) is 11.8 Å². The molecular formula is C19H19N5O2S. The lowest BCUT2D eigenvalue weighted by Crippen LogP contribution is -2.38. The Morgan fingerprint density at radius 3 is 2.74 bits per heavy atom. The van der Waals surface area contributed by atoms with E-state index in [9.17, 15) is 4.79 Å². The van der Waals surface area contributed by atoms with E-state index >= 15 is 0 Å². The van der Waals surface area contributed by atoms with Crippen LogP contribution >= 0.6 is 11.8 Å². The zero-order chi connectivity index (χ0) is 19.0. The minimum absolute atomic E-state index is 0.0421. The fourth-order valence-electron chi connectivity index (χ4n) is 3.16. The summed E-state index contributed by atoms with van der Waals surface area (Å²) in [6, 6.07) is 11.5. The number of rotatable bonds is 3. The number of anilines is 1. The maximum atomic E-state index is 12.9. The lowest BCUT2D eigenvalue weighted by molar-refractivity contribution is -0.120. The molecule has 1 aliphatic rings. The van der Waals surface area contributed by atoms with Crippen molar-refractivity contribution < 1.29 is 9.53 Å². The summed E-state index contributed by atoms with van der Waals surface area (Å²) in [5.74, 6) is 0.332. The number of aryl methyl sites for hydroxylation is 1. The Kier molecular flexibility index (Phi) is 4.57. The molecule has 0 fully saturated rings. The van der Waals surface area contributed by atoms with E-state index in [2.05, 4.69) is 15.2 Å². The van der Waals surface area contributed by atoms with Crippen molar-refractivity contribution in [2.45, 2.75) is 24.7 Å². The lowest BCUT2D eigenvalue weighted by Gasteiger charge is -2.30. The number of ether oxygens (including phenoxy) is 1. The van der Waals surface area contributed by atoms with E-state index in [1.165, 1.54) is 11.8 Å². The zero-order valence-corrected chi connectivity index (χ0v) is 16.1. The Hall–Kier alpha value is -2.87. The summed E-state index contributed by atoms with van der Waals surface area (Å²) in [4.78, 5) is 19.2. The second-order valence-corrected chi connectivity index (χ2v) is 6.87. The van der Waals surface area contributed by atoms with Gasteiger partial charge >= 0.3 is 0 Å². The Labute approximate surface area is 161 Å². The predicted molar refractivity (Wildman–Crippen MR) is 104 cm³/mol. The molecule has 0 N–H and O–H groups in total. The molecule has 0 radical (unpaired) electrons. The number of benzene rings is 1. The molecule has 7 nitrogen and oxygen atoms in total. The molecule has 1 atom stereocenters. The largest absolute Gasteiger partial charge is 0.445 e. The van der Waals surface area contributed by atoms with Crippen LogP contribution in [0, 0.1) is 0 Å². The molecule has 1 aromatic carbocycles. The third kappa shape index (κ3) is 2.95. The standard InChI is InChI=1S/C19H19N5O2S/c1-4-15(25)24-13-9-6-5-8-12(13)16-17(20-19(27-3)22-21-16)26-18(24)14-10-7-11-23(14)2/h5-11,18H,4H2,1-3H3/t18-/m1/s1. The van der Waals surface area contributed by atoms with Gasteiger partial charge in [-0.1, -0.05) is 36.9 Å². The van der Waals surface area contributed by atoms with Crippen LogP contribution in [0.2, 0.25) is 0 Å². The number of carbonyl (C=O) groups excluding carboxylic acids is 1. The molecule has 3 heterocycles. The van der Waals surface area contributed by atoms with Gasteiger partial charge in [0.05, 0.1) is 11.4 Å². The second kappa shape index (κ2) is 7.03. The maximum absolute atomic E-state index is 12.9. The van der Waals surface area contributed by atoms with Crippen LogP contribution in [0.1, 0.15) is 25.3 Å². The molecule has 1 amide bonds. The summed E-state index contributed by atoms with van der Waals surface area (Å²) in [7, 11) is 1.93. The summed E-state index contributed by atoms with van der Waals surface area (Å²) >= 11 is 1.39. The van der Waals surface area contributed by atoms with E-state index in [1.807, 2.05) is 67.4 Å². The molecule has 0 spiro atoms. The van der Waals surface area contributed by atoms with Crippen LogP contribution in [0.25, 0.3) is 11.3 Å². The molecule has 0 bridgehead atoms. The van der Waals surface area contributed by atoms with Gasteiger partial charge in [-0.25, -0.2) is 0 Å². The van der Waals surface area contributed by atoms with Crippen molar-refractivity contribution in [3.05, 3.63) is 48.3 Å². The van der Waals surface area contributed by atoms with Gasteiger partial charge in [-0.05, 0) is 24.5 Å². The van der Waals surface area contributed by atoms with Gasteiger partial charge in [-0.15, -0.1) is 10.2 Å². The van der Waals surface area contributed by atoms with E-state index in [0.717, 1.165) is 16.9 Å². The SMILES string of the molecule is CCC(=O)N1c2ccccc2-c2nnc(SC)nc2O[C@@H]1c1cccn1C. The zero-order valence-electron chi connectivity index (χ0n) is 15.3. The molecule has 0 saturated carbocycles. The van der Waals surface area contributed by atoms with E-state index < -0.39 is 6.23 Å². The first-order valence-corrected chi connectivity index (χ1v) is 9.84. The first kappa shape index (κ1) is 17.5. The van der Waals surface area contributed by atoms with Gasteiger partial charge in [-0.2, -0.15) is 4.98 Å². The molecule has 4 rings (SSSR count). The number of amides is 1.